The van der Waals surface area contributed by atoms with Crippen molar-refractivity contribution in [1.82, 2.24) is 0 Å². The predicted molar refractivity (Wildman–Crippen MR) is 85.1 cm³/mol. The van der Waals surface area contributed by atoms with Gasteiger partial charge in [0.05, 0.1) is 10.6 Å². The van der Waals surface area contributed by atoms with Crippen molar-refractivity contribution < 1.29 is 28.2 Å². The molecule has 0 aliphatic rings. The molecular weight excluding hydrogens is 320 g/mol. The molecule has 2 N–H and O–H groups in total. The van der Waals surface area contributed by atoms with Crippen LogP contribution >= 0.6 is 0 Å². The Morgan fingerprint density at radius 1 is 1.00 bits per heavy atom. The molecule has 23 heavy (non-hydrogen) atoms. The number of hydrogen-bond donors (Lipinski definition) is 2. The van der Waals surface area contributed by atoms with Crippen molar-refractivity contribution in [1.29, 1.82) is 0 Å². The first kappa shape index (κ1) is 19.2. The Hall–Kier alpha value is -1.89. The number of benzene rings is 1. The largest absolute Gasteiger partial charge is 0.480 e. The smallest absolute Gasteiger partial charge is 0.320 e. The number of sulfone groups is 1. The summed E-state index contributed by atoms with van der Waals surface area (Å²) in [5.41, 5.74) is -0.846. The molecule has 0 aliphatic carbocycles. The minimum atomic E-state index is -3.36. The molecule has 7 heteroatoms. The molecule has 0 saturated carbocycles. The molecule has 0 radical (unpaired) electrons. The number of unbranched alkanes of at least 4 members (excludes halogenated alkanes) is 2. The van der Waals surface area contributed by atoms with E-state index in [2.05, 4.69) is 0 Å². The van der Waals surface area contributed by atoms with Crippen LogP contribution in [0.2, 0.25) is 0 Å². The van der Waals surface area contributed by atoms with Gasteiger partial charge in [-0.15, -0.1) is 0 Å². The molecule has 0 bridgehead atoms. The number of carboxylic acids is 2. The molecule has 6 nitrogen and oxygen atoms in total. The Balaban J connectivity index is 2.50. The van der Waals surface area contributed by atoms with Crippen LogP contribution in [0, 0.1) is 12.3 Å². The van der Waals surface area contributed by atoms with E-state index in [0.29, 0.717) is 19.3 Å². The molecule has 0 fully saturated rings. The fourth-order valence-corrected chi connectivity index (χ4v) is 3.49. The third-order valence-electron chi connectivity index (χ3n) is 3.91. The van der Waals surface area contributed by atoms with E-state index in [1.54, 1.807) is 24.3 Å². The van der Waals surface area contributed by atoms with Gasteiger partial charge in [0.15, 0.2) is 15.3 Å². The zero-order chi connectivity index (χ0) is 17.7. The molecule has 0 aliphatic heterocycles. The SMILES string of the molecule is Cc1ccc(S(=O)(=O)CCCCCC(C)(C(=O)O)C(=O)O)cc1. The number of aryl methyl sites for hydroxylation is 1. The van der Waals surface area contributed by atoms with Crippen molar-refractivity contribution in [2.45, 2.75) is 44.4 Å². The molecule has 0 amide bonds. The molecule has 1 aromatic rings. The van der Waals surface area contributed by atoms with Crippen LogP contribution in [-0.4, -0.2) is 36.3 Å². The number of carboxylic acid groups (broad SMARTS) is 2. The summed E-state index contributed by atoms with van der Waals surface area (Å²) in [6.07, 6.45) is 1.15. The van der Waals surface area contributed by atoms with Crippen LogP contribution in [0.4, 0.5) is 0 Å². The number of carbonyl (C=O) groups is 2. The second-order valence-electron chi connectivity index (χ2n) is 5.88. The lowest BCUT2D eigenvalue weighted by Gasteiger charge is -2.19. The lowest BCUT2D eigenvalue weighted by molar-refractivity contribution is -0.163. The summed E-state index contributed by atoms with van der Waals surface area (Å²) in [4.78, 5) is 22.3. The first-order chi connectivity index (χ1) is 10.6. The minimum Gasteiger partial charge on any atom is -0.480 e. The minimum absolute atomic E-state index is 0.0255. The summed E-state index contributed by atoms with van der Waals surface area (Å²) < 4.78 is 24.3. The Labute approximate surface area is 136 Å². The van der Waals surface area contributed by atoms with Gasteiger partial charge in [-0.2, -0.15) is 0 Å². The van der Waals surface area contributed by atoms with E-state index < -0.39 is 27.2 Å². The zero-order valence-corrected chi connectivity index (χ0v) is 14.1. The highest BCUT2D eigenvalue weighted by Crippen LogP contribution is 2.25. The standard InChI is InChI=1S/C16H22O6S/c1-12-6-8-13(9-7-12)23(21,22)11-5-3-4-10-16(2,14(17)18)15(19)20/h6-9H,3-5,10-11H2,1-2H3,(H,17,18)(H,19,20). The normalized spacial score (nSPS) is 12.1. The van der Waals surface area contributed by atoms with Crippen LogP contribution < -0.4 is 0 Å². The summed E-state index contributed by atoms with van der Waals surface area (Å²) in [6, 6.07) is 6.60. The summed E-state index contributed by atoms with van der Waals surface area (Å²) in [5, 5.41) is 18.0. The maximum atomic E-state index is 12.1. The van der Waals surface area contributed by atoms with Crippen molar-refractivity contribution in [2.24, 2.45) is 5.41 Å². The highest BCUT2D eigenvalue weighted by Gasteiger charge is 2.40. The van der Waals surface area contributed by atoms with Crippen LogP contribution in [0.15, 0.2) is 29.2 Å². The molecule has 1 rings (SSSR count). The topological polar surface area (TPSA) is 109 Å². The van der Waals surface area contributed by atoms with Gasteiger partial charge in [-0.1, -0.05) is 30.5 Å². The zero-order valence-electron chi connectivity index (χ0n) is 13.3. The van der Waals surface area contributed by atoms with Crippen LogP contribution in [0.3, 0.4) is 0 Å². The second kappa shape index (κ2) is 7.59. The first-order valence-electron chi connectivity index (χ1n) is 7.36. The molecule has 0 unspecified atom stereocenters. The van der Waals surface area contributed by atoms with Gasteiger partial charge in [0.2, 0.25) is 0 Å². The van der Waals surface area contributed by atoms with Crippen LogP contribution in [0.25, 0.3) is 0 Å². The number of hydrogen-bond acceptors (Lipinski definition) is 4. The Morgan fingerprint density at radius 3 is 2.00 bits per heavy atom. The third kappa shape index (κ3) is 5.06. The van der Waals surface area contributed by atoms with Gasteiger partial charge in [0, 0.05) is 0 Å². The monoisotopic (exact) mass is 342 g/mol. The van der Waals surface area contributed by atoms with Crippen LogP contribution in [-0.2, 0) is 19.4 Å². The fourth-order valence-electron chi connectivity index (χ4n) is 2.12. The summed E-state index contributed by atoms with van der Waals surface area (Å²) in [5.74, 6) is -2.79. The molecule has 1 aromatic carbocycles. The van der Waals surface area contributed by atoms with E-state index in [1.165, 1.54) is 6.92 Å². The lowest BCUT2D eigenvalue weighted by Crippen LogP contribution is -2.36. The molecular formula is C16H22O6S. The predicted octanol–water partition coefficient (Wildman–Crippen LogP) is 2.50. The maximum absolute atomic E-state index is 12.1. The van der Waals surface area contributed by atoms with E-state index in [4.69, 9.17) is 10.2 Å². The van der Waals surface area contributed by atoms with E-state index in [9.17, 15) is 18.0 Å². The van der Waals surface area contributed by atoms with Crippen molar-refractivity contribution >= 4 is 21.8 Å². The quantitative estimate of drug-likeness (QED) is 0.527. The van der Waals surface area contributed by atoms with Crippen LogP contribution in [0.1, 0.15) is 38.2 Å². The Kier molecular flexibility index (Phi) is 6.32. The van der Waals surface area contributed by atoms with E-state index in [0.717, 1.165) is 5.56 Å². The van der Waals surface area contributed by atoms with Crippen molar-refractivity contribution in [3.05, 3.63) is 29.8 Å². The molecule has 0 spiro atoms. The lowest BCUT2D eigenvalue weighted by atomic mass is 9.85. The summed E-state index contributed by atoms with van der Waals surface area (Å²) in [6.45, 7) is 3.04. The van der Waals surface area contributed by atoms with E-state index in [-0.39, 0.29) is 17.1 Å². The second-order valence-corrected chi connectivity index (χ2v) is 7.99. The van der Waals surface area contributed by atoms with E-state index in [1.807, 2.05) is 6.92 Å². The number of aliphatic carboxylic acids is 2. The summed E-state index contributed by atoms with van der Waals surface area (Å²) in [7, 11) is -3.36. The highest BCUT2D eigenvalue weighted by atomic mass is 32.2. The average Bonchev–Trinajstić information content (AvgIpc) is 2.46. The van der Waals surface area contributed by atoms with Gasteiger partial charge in [-0.05, 0) is 38.8 Å². The highest BCUT2D eigenvalue weighted by molar-refractivity contribution is 7.91. The Bertz CT molecular complexity index is 646. The molecule has 0 atom stereocenters. The number of rotatable bonds is 9. The molecule has 0 heterocycles. The first-order valence-corrected chi connectivity index (χ1v) is 9.01. The third-order valence-corrected chi connectivity index (χ3v) is 5.73. The maximum Gasteiger partial charge on any atom is 0.320 e. The van der Waals surface area contributed by atoms with Crippen molar-refractivity contribution in [3.63, 3.8) is 0 Å². The van der Waals surface area contributed by atoms with Gasteiger partial charge in [-0.3, -0.25) is 9.59 Å². The average molecular weight is 342 g/mol. The molecule has 0 aromatic heterocycles. The Morgan fingerprint density at radius 2 is 1.52 bits per heavy atom. The summed E-state index contributed by atoms with van der Waals surface area (Å²) >= 11 is 0. The van der Waals surface area contributed by atoms with Crippen LogP contribution in [0.5, 0.6) is 0 Å². The van der Waals surface area contributed by atoms with Gasteiger partial charge in [0.1, 0.15) is 0 Å². The van der Waals surface area contributed by atoms with Crippen molar-refractivity contribution in [3.8, 4) is 0 Å². The fraction of sp³-hybridized carbons (Fsp3) is 0.500. The van der Waals surface area contributed by atoms with Gasteiger partial charge in [-0.25, -0.2) is 8.42 Å². The van der Waals surface area contributed by atoms with Gasteiger partial charge < -0.3 is 10.2 Å². The van der Waals surface area contributed by atoms with Gasteiger partial charge >= 0.3 is 11.9 Å². The van der Waals surface area contributed by atoms with Crippen molar-refractivity contribution in [2.75, 3.05) is 5.75 Å². The van der Waals surface area contributed by atoms with E-state index >= 15 is 0 Å². The van der Waals surface area contributed by atoms with Gasteiger partial charge in [0.25, 0.3) is 0 Å². The molecule has 0 saturated heterocycles. The molecule has 128 valence electrons.